The van der Waals surface area contributed by atoms with Gasteiger partial charge in [-0.2, -0.15) is 0 Å². The highest BCUT2D eigenvalue weighted by Gasteiger charge is 2.34. The van der Waals surface area contributed by atoms with E-state index in [1.54, 1.807) is 30.1 Å². The highest BCUT2D eigenvalue weighted by molar-refractivity contribution is 8.01. The van der Waals surface area contributed by atoms with Crippen molar-refractivity contribution >= 4 is 29.1 Å². The molecular formula is C13H21NO2S2. The average Bonchev–Trinajstić information content (AvgIpc) is 2.81. The van der Waals surface area contributed by atoms with Crippen LogP contribution in [0.3, 0.4) is 0 Å². The van der Waals surface area contributed by atoms with Crippen LogP contribution in [0.2, 0.25) is 0 Å². The van der Waals surface area contributed by atoms with Crippen molar-refractivity contribution in [2.75, 3.05) is 13.7 Å². The first-order chi connectivity index (χ1) is 8.51. The Balaban J connectivity index is 2.58. The van der Waals surface area contributed by atoms with Gasteiger partial charge in [-0.05, 0) is 38.8 Å². The molecule has 1 rings (SSSR count). The van der Waals surface area contributed by atoms with Gasteiger partial charge in [-0.1, -0.05) is 13.0 Å². The van der Waals surface area contributed by atoms with E-state index in [-0.39, 0.29) is 5.97 Å². The van der Waals surface area contributed by atoms with Crippen LogP contribution < -0.4 is 5.32 Å². The van der Waals surface area contributed by atoms with Crippen LogP contribution in [0.4, 0.5) is 0 Å². The normalized spacial score (nSPS) is 16.0. The Morgan fingerprint density at radius 3 is 2.89 bits per heavy atom. The van der Waals surface area contributed by atoms with E-state index >= 15 is 0 Å². The first-order valence-electron chi connectivity index (χ1n) is 6.08. The summed E-state index contributed by atoms with van der Waals surface area (Å²) in [5.74, 6) is -0.175. The van der Waals surface area contributed by atoms with Gasteiger partial charge in [0, 0.05) is 5.25 Å². The number of hydrogen-bond acceptors (Lipinski definition) is 5. The van der Waals surface area contributed by atoms with Crippen LogP contribution in [0.1, 0.15) is 27.2 Å². The fourth-order valence-electron chi connectivity index (χ4n) is 1.72. The number of hydrogen-bond donors (Lipinski definition) is 1. The Bertz CT molecular complexity index is 367. The van der Waals surface area contributed by atoms with E-state index in [1.165, 1.54) is 4.21 Å². The average molecular weight is 287 g/mol. The summed E-state index contributed by atoms with van der Waals surface area (Å²) in [5, 5.41) is 5.51. The van der Waals surface area contributed by atoms with E-state index in [0.717, 1.165) is 6.42 Å². The monoisotopic (exact) mass is 287 g/mol. The van der Waals surface area contributed by atoms with E-state index in [0.29, 0.717) is 11.9 Å². The van der Waals surface area contributed by atoms with Crippen LogP contribution >= 0.6 is 23.1 Å². The molecule has 0 spiro atoms. The van der Waals surface area contributed by atoms with E-state index in [2.05, 4.69) is 23.7 Å². The lowest BCUT2D eigenvalue weighted by Crippen LogP contribution is -2.50. The molecule has 0 aliphatic carbocycles. The van der Waals surface area contributed by atoms with Crippen molar-refractivity contribution in [3.8, 4) is 0 Å². The van der Waals surface area contributed by atoms with Crippen LogP contribution in [0.5, 0.6) is 0 Å². The van der Waals surface area contributed by atoms with Gasteiger partial charge in [0.1, 0.15) is 5.54 Å². The number of esters is 1. The maximum absolute atomic E-state index is 11.9. The van der Waals surface area contributed by atoms with Crippen molar-refractivity contribution in [3.63, 3.8) is 0 Å². The van der Waals surface area contributed by atoms with Crippen molar-refractivity contribution in [1.29, 1.82) is 0 Å². The molecule has 0 aliphatic heterocycles. The lowest BCUT2D eigenvalue weighted by Gasteiger charge is -2.29. The summed E-state index contributed by atoms with van der Waals surface area (Å²) in [4.78, 5) is 11.9. The van der Waals surface area contributed by atoms with Crippen LogP contribution in [0.15, 0.2) is 21.7 Å². The summed E-state index contributed by atoms with van der Waals surface area (Å²) in [7, 11) is 1.81. The summed E-state index contributed by atoms with van der Waals surface area (Å²) in [6.07, 6.45) is 0.741. The zero-order valence-corrected chi connectivity index (χ0v) is 13.0. The molecule has 18 heavy (non-hydrogen) atoms. The van der Waals surface area contributed by atoms with Gasteiger partial charge < -0.3 is 10.1 Å². The molecule has 0 aliphatic rings. The Morgan fingerprint density at radius 1 is 1.67 bits per heavy atom. The highest BCUT2D eigenvalue weighted by Crippen LogP contribution is 2.32. The number of thioether (sulfide) groups is 1. The van der Waals surface area contributed by atoms with Gasteiger partial charge in [0.2, 0.25) is 0 Å². The summed E-state index contributed by atoms with van der Waals surface area (Å²) >= 11 is 3.53. The Hall–Kier alpha value is -0.520. The number of carbonyl (C=O) groups is 1. The molecule has 1 aromatic rings. The first-order valence-corrected chi connectivity index (χ1v) is 7.84. The highest BCUT2D eigenvalue weighted by atomic mass is 32.2. The molecule has 1 heterocycles. The van der Waals surface area contributed by atoms with E-state index in [9.17, 15) is 4.79 Å². The lowest BCUT2D eigenvalue weighted by molar-refractivity contribution is -0.150. The van der Waals surface area contributed by atoms with Crippen LogP contribution in [-0.4, -0.2) is 30.4 Å². The number of rotatable bonds is 7. The smallest absolute Gasteiger partial charge is 0.326 e. The fourth-order valence-corrected chi connectivity index (χ4v) is 4.02. The Morgan fingerprint density at radius 2 is 2.39 bits per heavy atom. The summed E-state index contributed by atoms with van der Waals surface area (Å²) in [6.45, 7) is 6.29. The molecule has 0 saturated carbocycles. The fraction of sp³-hybridized carbons (Fsp3) is 0.615. The van der Waals surface area contributed by atoms with Gasteiger partial charge in [0.15, 0.2) is 0 Å². The second-order valence-corrected chi connectivity index (χ2v) is 7.05. The van der Waals surface area contributed by atoms with Crippen LogP contribution in [-0.2, 0) is 9.53 Å². The molecule has 0 saturated heterocycles. The second kappa shape index (κ2) is 7.16. The van der Waals surface area contributed by atoms with Gasteiger partial charge in [0.25, 0.3) is 0 Å². The second-order valence-electron chi connectivity index (χ2n) is 4.37. The Labute approximate surface area is 117 Å². The molecule has 0 aromatic carbocycles. The van der Waals surface area contributed by atoms with E-state index in [4.69, 9.17) is 4.74 Å². The third-order valence-corrected chi connectivity index (χ3v) is 4.96. The molecule has 2 unspecified atom stereocenters. The van der Waals surface area contributed by atoms with Gasteiger partial charge >= 0.3 is 5.97 Å². The van der Waals surface area contributed by atoms with Crippen molar-refractivity contribution < 1.29 is 9.53 Å². The molecular weight excluding hydrogens is 266 g/mol. The lowest BCUT2D eigenvalue weighted by atomic mass is 9.96. The zero-order valence-electron chi connectivity index (χ0n) is 11.4. The van der Waals surface area contributed by atoms with Gasteiger partial charge in [-0.15, -0.1) is 23.1 Å². The minimum Gasteiger partial charge on any atom is -0.465 e. The van der Waals surface area contributed by atoms with Crippen molar-refractivity contribution in [2.24, 2.45) is 0 Å². The molecule has 0 bridgehead atoms. The van der Waals surface area contributed by atoms with Crippen molar-refractivity contribution in [1.82, 2.24) is 5.32 Å². The number of ether oxygens (including phenoxy) is 1. The number of carbonyl (C=O) groups excluding carboxylic acids is 1. The zero-order chi connectivity index (χ0) is 13.6. The third-order valence-electron chi connectivity index (χ3n) is 2.79. The van der Waals surface area contributed by atoms with Crippen LogP contribution in [0.25, 0.3) is 0 Å². The van der Waals surface area contributed by atoms with Crippen LogP contribution in [0, 0.1) is 0 Å². The summed E-state index contributed by atoms with van der Waals surface area (Å²) in [6, 6.07) is 4.15. The topological polar surface area (TPSA) is 38.3 Å². The minimum absolute atomic E-state index is 0.175. The maximum atomic E-state index is 11.9. The van der Waals surface area contributed by atoms with Gasteiger partial charge in [0.05, 0.1) is 10.8 Å². The SMILES string of the molecule is CCOC(=O)C(C)(CC(C)Sc1cccs1)NC. The number of likely N-dealkylation sites (N-methyl/N-ethyl adjacent to an activating group) is 1. The first kappa shape index (κ1) is 15.5. The number of nitrogens with one attached hydrogen (secondary N) is 1. The molecule has 0 amide bonds. The third kappa shape index (κ3) is 4.30. The van der Waals surface area contributed by atoms with Gasteiger partial charge in [-0.25, -0.2) is 0 Å². The molecule has 1 N–H and O–H groups in total. The predicted molar refractivity (Wildman–Crippen MR) is 78.4 cm³/mol. The summed E-state index contributed by atoms with van der Waals surface area (Å²) in [5.41, 5.74) is -0.611. The largest absolute Gasteiger partial charge is 0.465 e. The van der Waals surface area contributed by atoms with Crippen molar-refractivity contribution in [2.45, 2.75) is 42.2 Å². The summed E-state index contributed by atoms with van der Waals surface area (Å²) < 4.78 is 6.41. The molecule has 0 radical (unpaired) electrons. The molecule has 0 fully saturated rings. The van der Waals surface area contributed by atoms with Crippen molar-refractivity contribution in [3.05, 3.63) is 17.5 Å². The molecule has 2 atom stereocenters. The van der Waals surface area contributed by atoms with E-state index in [1.807, 2.05) is 19.9 Å². The molecule has 3 nitrogen and oxygen atoms in total. The number of thiophene rings is 1. The predicted octanol–water partition coefficient (Wildman–Crippen LogP) is 3.16. The Kier molecular flexibility index (Phi) is 6.18. The quantitative estimate of drug-likeness (QED) is 0.617. The van der Waals surface area contributed by atoms with E-state index < -0.39 is 5.54 Å². The molecule has 1 aromatic heterocycles. The molecule has 102 valence electrons. The standard InChI is InChI=1S/C13H21NO2S2/c1-5-16-12(15)13(3,14-4)9-10(2)18-11-7-6-8-17-11/h6-8,10,14H,5,9H2,1-4H3. The molecule has 5 heteroatoms. The minimum atomic E-state index is -0.611. The van der Waals surface area contributed by atoms with Gasteiger partial charge in [-0.3, -0.25) is 4.79 Å². The maximum Gasteiger partial charge on any atom is 0.326 e.